The minimum atomic E-state index is -0.487. The number of amides is 2. The number of carbonyl (C=O) groups excluding carboxylic acids is 2. The molecule has 148 valence electrons. The standard InChI is InChI=1S/C19H28N4O4/c1-19(2,3)27-18(25)23-9-7-22(8-10-23)15-4-5-16(20-12-15)17(24)21-14-6-11-26-13-14/h4-5,12,14H,6-11,13H2,1-3H3,(H,21,24). The Hall–Kier alpha value is -2.35. The molecule has 8 nitrogen and oxygen atoms in total. The van der Waals surface area contributed by atoms with Crippen LogP contribution in [-0.4, -0.2) is 72.9 Å². The molecule has 1 atom stereocenters. The van der Waals surface area contributed by atoms with Gasteiger partial charge < -0.3 is 24.6 Å². The summed E-state index contributed by atoms with van der Waals surface area (Å²) in [7, 11) is 0. The van der Waals surface area contributed by atoms with Crippen LogP contribution in [-0.2, 0) is 9.47 Å². The maximum absolute atomic E-state index is 12.2. The highest BCUT2D eigenvalue weighted by Gasteiger charge is 2.26. The monoisotopic (exact) mass is 376 g/mol. The summed E-state index contributed by atoms with van der Waals surface area (Å²) in [4.78, 5) is 32.5. The molecular weight excluding hydrogens is 348 g/mol. The van der Waals surface area contributed by atoms with E-state index in [1.54, 1.807) is 17.2 Å². The van der Waals surface area contributed by atoms with Crippen molar-refractivity contribution in [1.29, 1.82) is 0 Å². The van der Waals surface area contributed by atoms with E-state index >= 15 is 0 Å². The molecule has 2 aliphatic heterocycles. The summed E-state index contributed by atoms with van der Waals surface area (Å²) in [5.41, 5.74) is 0.858. The van der Waals surface area contributed by atoms with Gasteiger partial charge in [-0.15, -0.1) is 0 Å². The lowest BCUT2D eigenvalue weighted by molar-refractivity contribution is 0.0240. The van der Waals surface area contributed by atoms with Crippen molar-refractivity contribution in [1.82, 2.24) is 15.2 Å². The van der Waals surface area contributed by atoms with Crippen LogP contribution in [0.1, 0.15) is 37.7 Å². The van der Waals surface area contributed by atoms with Gasteiger partial charge in [0.1, 0.15) is 11.3 Å². The largest absolute Gasteiger partial charge is 0.444 e. The number of piperazine rings is 1. The number of pyridine rings is 1. The van der Waals surface area contributed by atoms with Gasteiger partial charge in [0.25, 0.3) is 5.91 Å². The normalized spacial score (nSPS) is 20.5. The topological polar surface area (TPSA) is 84.0 Å². The second-order valence-electron chi connectivity index (χ2n) is 7.89. The molecule has 0 aliphatic carbocycles. The third-order valence-corrected chi connectivity index (χ3v) is 4.54. The Morgan fingerprint density at radius 3 is 2.52 bits per heavy atom. The molecule has 0 aromatic carbocycles. The average Bonchev–Trinajstić information content (AvgIpc) is 3.13. The summed E-state index contributed by atoms with van der Waals surface area (Å²) in [5.74, 6) is -0.174. The molecule has 2 amide bonds. The van der Waals surface area contributed by atoms with Crippen LogP contribution in [0.3, 0.4) is 0 Å². The predicted octanol–water partition coefficient (Wildman–Crippen LogP) is 1.66. The molecule has 27 heavy (non-hydrogen) atoms. The van der Waals surface area contributed by atoms with Crippen molar-refractivity contribution in [2.75, 3.05) is 44.3 Å². The van der Waals surface area contributed by atoms with E-state index in [0.29, 0.717) is 45.1 Å². The Morgan fingerprint density at radius 2 is 1.96 bits per heavy atom. The number of nitrogens with one attached hydrogen (secondary N) is 1. The van der Waals surface area contributed by atoms with Gasteiger partial charge in [-0.25, -0.2) is 9.78 Å². The Morgan fingerprint density at radius 1 is 1.22 bits per heavy atom. The number of rotatable bonds is 3. The minimum absolute atomic E-state index is 0.0694. The fourth-order valence-corrected chi connectivity index (χ4v) is 3.09. The SMILES string of the molecule is CC(C)(C)OC(=O)N1CCN(c2ccc(C(=O)NC3CCOC3)nc2)CC1. The van der Waals surface area contributed by atoms with E-state index in [0.717, 1.165) is 12.1 Å². The van der Waals surface area contributed by atoms with Crippen LogP contribution in [0.4, 0.5) is 10.5 Å². The third kappa shape index (κ3) is 5.32. The van der Waals surface area contributed by atoms with Crippen molar-refractivity contribution >= 4 is 17.7 Å². The maximum Gasteiger partial charge on any atom is 0.410 e. The molecule has 0 saturated carbocycles. The van der Waals surface area contributed by atoms with E-state index in [4.69, 9.17) is 9.47 Å². The number of nitrogens with zero attached hydrogens (tertiary/aromatic N) is 3. The fourth-order valence-electron chi connectivity index (χ4n) is 3.09. The minimum Gasteiger partial charge on any atom is -0.444 e. The zero-order valence-corrected chi connectivity index (χ0v) is 16.2. The van der Waals surface area contributed by atoms with Crippen molar-refractivity contribution in [3.05, 3.63) is 24.0 Å². The summed E-state index contributed by atoms with van der Waals surface area (Å²) in [6, 6.07) is 3.71. The number of hydrogen-bond acceptors (Lipinski definition) is 6. The highest BCUT2D eigenvalue weighted by molar-refractivity contribution is 5.92. The number of carbonyl (C=O) groups is 2. The fraction of sp³-hybridized carbons (Fsp3) is 0.632. The van der Waals surface area contributed by atoms with E-state index in [9.17, 15) is 9.59 Å². The van der Waals surface area contributed by atoms with Gasteiger partial charge in [0.2, 0.25) is 0 Å². The number of anilines is 1. The summed E-state index contributed by atoms with van der Waals surface area (Å²) < 4.78 is 10.7. The first-order valence-electron chi connectivity index (χ1n) is 9.39. The number of aromatic nitrogens is 1. The van der Waals surface area contributed by atoms with E-state index in [2.05, 4.69) is 15.2 Å². The number of hydrogen-bond donors (Lipinski definition) is 1. The van der Waals surface area contributed by atoms with Crippen molar-refractivity contribution in [3.8, 4) is 0 Å². The summed E-state index contributed by atoms with van der Waals surface area (Å²) in [5, 5.41) is 2.93. The summed E-state index contributed by atoms with van der Waals surface area (Å²) in [6.45, 7) is 9.44. The lowest BCUT2D eigenvalue weighted by Gasteiger charge is -2.36. The Bertz CT molecular complexity index is 657. The molecule has 0 radical (unpaired) electrons. The molecule has 2 saturated heterocycles. The summed E-state index contributed by atoms with van der Waals surface area (Å²) >= 11 is 0. The van der Waals surface area contributed by atoms with Gasteiger partial charge >= 0.3 is 6.09 Å². The molecule has 3 rings (SSSR count). The number of ether oxygens (including phenoxy) is 2. The smallest absolute Gasteiger partial charge is 0.410 e. The Kier molecular flexibility index (Phi) is 5.84. The van der Waals surface area contributed by atoms with Gasteiger partial charge in [-0.1, -0.05) is 0 Å². The second-order valence-corrected chi connectivity index (χ2v) is 7.89. The molecule has 1 unspecified atom stereocenters. The molecule has 2 aliphatic rings. The lowest BCUT2D eigenvalue weighted by Crippen LogP contribution is -2.50. The van der Waals surface area contributed by atoms with Gasteiger partial charge in [-0.2, -0.15) is 0 Å². The molecule has 0 spiro atoms. The van der Waals surface area contributed by atoms with Gasteiger partial charge in [0.15, 0.2) is 0 Å². The molecule has 2 fully saturated rings. The van der Waals surface area contributed by atoms with Crippen LogP contribution in [0, 0.1) is 0 Å². The molecule has 1 N–H and O–H groups in total. The van der Waals surface area contributed by atoms with E-state index in [1.165, 1.54) is 0 Å². The predicted molar refractivity (Wildman–Crippen MR) is 101 cm³/mol. The first-order valence-corrected chi connectivity index (χ1v) is 9.39. The van der Waals surface area contributed by atoms with Crippen molar-refractivity contribution in [2.24, 2.45) is 0 Å². The highest BCUT2D eigenvalue weighted by Crippen LogP contribution is 2.18. The summed E-state index contributed by atoms with van der Waals surface area (Å²) in [6.07, 6.45) is 2.28. The van der Waals surface area contributed by atoms with E-state index in [-0.39, 0.29) is 18.0 Å². The second kappa shape index (κ2) is 8.12. The van der Waals surface area contributed by atoms with Crippen LogP contribution in [0.5, 0.6) is 0 Å². The maximum atomic E-state index is 12.2. The molecule has 1 aromatic heterocycles. The molecule has 8 heteroatoms. The Labute approximate surface area is 159 Å². The Balaban J connectivity index is 1.51. The van der Waals surface area contributed by atoms with Crippen molar-refractivity contribution < 1.29 is 19.1 Å². The zero-order chi connectivity index (χ0) is 19.4. The van der Waals surface area contributed by atoms with Crippen LogP contribution >= 0.6 is 0 Å². The van der Waals surface area contributed by atoms with Gasteiger partial charge in [0.05, 0.1) is 24.5 Å². The van der Waals surface area contributed by atoms with Crippen LogP contribution in [0.2, 0.25) is 0 Å². The molecular formula is C19H28N4O4. The molecule has 3 heterocycles. The van der Waals surface area contributed by atoms with Crippen molar-refractivity contribution in [3.63, 3.8) is 0 Å². The zero-order valence-electron chi connectivity index (χ0n) is 16.2. The molecule has 1 aromatic rings. The lowest BCUT2D eigenvalue weighted by atomic mass is 10.2. The quantitative estimate of drug-likeness (QED) is 0.864. The van der Waals surface area contributed by atoms with Gasteiger partial charge in [0, 0.05) is 32.8 Å². The van der Waals surface area contributed by atoms with Crippen LogP contribution < -0.4 is 10.2 Å². The van der Waals surface area contributed by atoms with Gasteiger partial charge in [-0.05, 0) is 39.3 Å². The van der Waals surface area contributed by atoms with Crippen LogP contribution in [0.15, 0.2) is 18.3 Å². The molecule has 0 bridgehead atoms. The average molecular weight is 376 g/mol. The van der Waals surface area contributed by atoms with Crippen molar-refractivity contribution in [2.45, 2.75) is 38.8 Å². The first kappa shape index (κ1) is 19.4. The van der Waals surface area contributed by atoms with E-state index in [1.807, 2.05) is 26.8 Å². The van der Waals surface area contributed by atoms with E-state index < -0.39 is 5.60 Å². The third-order valence-electron chi connectivity index (χ3n) is 4.54. The highest BCUT2D eigenvalue weighted by atomic mass is 16.6. The van der Waals surface area contributed by atoms with Gasteiger partial charge in [-0.3, -0.25) is 4.79 Å². The first-order chi connectivity index (χ1) is 12.8. The van der Waals surface area contributed by atoms with Crippen LogP contribution in [0.25, 0.3) is 0 Å².